The first kappa shape index (κ1) is 11.4. The van der Waals surface area contributed by atoms with Gasteiger partial charge in [-0.2, -0.15) is 4.98 Å². The predicted molar refractivity (Wildman–Crippen MR) is 39.5 cm³/mol. The Labute approximate surface area is 84.4 Å². The van der Waals surface area contributed by atoms with Crippen LogP contribution < -0.4 is 18.9 Å². The standard InChI is InChI=1S/C7H10N2O2.Li.H/c1-7(2,3)6-8-5(4-10)9-11-6;;/h4H,1-3H3;;/q;+1;-1. The Morgan fingerprint density at radius 1 is 1.50 bits per heavy atom. The van der Waals surface area contributed by atoms with Crippen LogP contribution in [0.25, 0.3) is 0 Å². The van der Waals surface area contributed by atoms with Crippen molar-refractivity contribution in [3.8, 4) is 0 Å². The largest absolute Gasteiger partial charge is 1.00 e. The average molecular weight is 162 g/mol. The molecule has 1 aromatic heterocycles. The van der Waals surface area contributed by atoms with Crippen molar-refractivity contribution in [3.63, 3.8) is 0 Å². The van der Waals surface area contributed by atoms with E-state index < -0.39 is 0 Å². The molecule has 1 rings (SSSR count). The molecule has 12 heavy (non-hydrogen) atoms. The minimum absolute atomic E-state index is 0. The number of nitrogens with zero attached hydrogens (tertiary/aromatic N) is 2. The molecule has 0 fully saturated rings. The summed E-state index contributed by atoms with van der Waals surface area (Å²) in [5.41, 5.74) is -0.186. The number of aldehydes is 1. The molecule has 0 unspecified atom stereocenters. The molecular weight excluding hydrogens is 151 g/mol. The minimum atomic E-state index is -0.186. The van der Waals surface area contributed by atoms with E-state index in [9.17, 15) is 4.79 Å². The molecule has 1 aromatic rings. The van der Waals surface area contributed by atoms with Crippen molar-refractivity contribution in [1.29, 1.82) is 0 Å². The Balaban J connectivity index is 0. The number of carbonyl (C=O) groups is 1. The maximum Gasteiger partial charge on any atom is 1.00 e. The summed E-state index contributed by atoms with van der Waals surface area (Å²) in [6.45, 7) is 5.82. The zero-order valence-electron chi connectivity index (χ0n) is 8.79. The summed E-state index contributed by atoms with van der Waals surface area (Å²) >= 11 is 0. The molecule has 0 spiro atoms. The summed E-state index contributed by atoms with van der Waals surface area (Å²) in [6, 6.07) is 0. The van der Waals surface area contributed by atoms with Crippen molar-refractivity contribution in [2.24, 2.45) is 0 Å². The van der Waals surface area contributed by atoms with Crippen LogP contribution >= 0.6 is 0 Å². The van der Waals surface area contributed by atoms with Gasteiger partial charge in [-0.05, 0) is 0 Å². The summed E-state index contributed by atoms with van der Waals surface area (Å²) < 4.78 is 4.83. The van der Waals surface area contributed by atoms with Crippen LogP contribution in [0.4, 0.5) is 0 Å². The van der Waals surface area contributed by atoms with E-state index in [1.807, 2.05) is 20.8 Å². The van der Waals surface area contributed by atoms with E-state index in [0.29, 0.717) is 12.2 Å². The van der Waals surface area contributed by atoms with Gasteiger partial charge in [-0.15, -0.1) is 0 Å². The molecule has 0 radical (unpaired) electrons. The molecular formula is C7H11LiN2O2. The van der Waals surface area contributed by atoms with E-state index in [1.54, 1.807) is 0 Å². The molecule has 0 N–H and O–H groups in total. The topological polar surface area (TPSA) is 56.0 Å². The first-order valence-corrected chi connectivity index (χ1v) is 3.33. The number of hydrogen-bond donors (Lipinski definition) is 0. The van der Waals surface area contributed by atoms with Crippen LogP contribution in [0.5, 0.6) is 0 Å². The second-order valence-corrected chi connectivity index (χ2v) is 3.33. The Hall–Kier alpha value is -0.593. The summed E-state index contributed by atoms with van der Waals surface area (Å²) in [4.78, 5) is 14.0. The SMILES string of the molecule is CC(C)(C)c1nc(C=O)no1.[H-].[Li+]. The van der Waals surface area contributed by atoms with Gasteiger partial charge in [0.15, 0.2) is 6.29 Å². The van der Waals surface area contributed by atoms with Crippen LogP contribution in [0, 0.1) is 0 Å². The molecule has 0 saturated carbocycles. The number of hydrogen-bond acceptors (Lipinski definition) is 4. The van der Waals surface area contributed by atoms with Crippen molar-refractivity contribution < 1.29 is 29.6 Å². The van der Waals surface area contributed by atoms with Gasteiger partial charge in [-0.3, -0.25) is 4.79 Å². The maximum atomic E-state index is 10.2. The fourth-order valence-corrected chi connectivity index (χ4v) is 0.587. The molecule has 0 atom stereocenters. The summed E-state index contributed by atoms with van der Waals surface area (Å²) in [7, 11) is 0. The average Bonchev–Trinajstić information content (AvgIpc) is 2.32. The molecule has 5 heteroatoms. The molecule has 0 amide bonds. The van der Waals surface area contributed by atoms with Crippen molar-refractivity contribution in [2.75, 3.05) is 0 Å². The van der Waals surface area contributed by atoms with Crippen LogP contribution in [0.1, 0.15) is 38.7 Å². The van der Waals surface area contributed by atoms with Gasteiger partial charge < -0.3 is 5.95 Å². The Bertz CT molecular complexity index is 270. The normalized spacial score (nSPS) is 10.6. The molecule has 62 valence electrons. The number of rotatable bonds is 1. The molecule has 0 aliphatic heterocycles. The molecule has 0 bridgehead atoms. The summed E-state index contributed by atoms with van der Waals surface area (Å²) in [6.07, 6.45) is 0.568. The van der Waals surface area contributed by atoms with Gasteiger partial charge in [0.2, 0.25) is 11.7 Å². The maximum absolute atomic E-state index is 10.2. The second-order valence-electron chi connectivity index (χ2n) is 3.33. The predicted octanol–water partition coefficient (Wildman–Crippen LogP) is -1.70. The van der Waals surface area contributed by atoms with Crippen LogP contribution in [-0.2, 0) is 5.41 Å². The first-order chi connectivity index (χ1) is 5.04. The third-order valence-corrected chi connectivity index (χ3v) is 1.19. The fraction of sp³-hybridized carbons (Fsp3) is 0.571. The minimum Gasteiger partial charge on any atom is -1.00 e. The Kier molecular flexibility index (Phi) is 3.69. The van der Waals surface area contributed by atoms with Crippen molar-refractivity contribution in [2.45, 2.75) is 26.2 Å². The van der Waals surface area contributed by atoms with Crippen molar-refractivity contribution >= 4 is 6.29 Å². The van der Waals surface area contributed by atoms with Crippen LogP contribution in [-0.4, -0.2) is 16.4 Å². The van der Waals surface area contributed by atoms with Gasteiger partial charge in [0.05, 0.1) is 0 Å². The van der Waals surface area contributed by atoms with Crippen LogP contribution in [0.2, 0.25) is 0 Å². The van der Waals surface area contributed by atoms with Gasteiger partial charge in [-0.1, -0.05) is 25.9 Å². The van der Waals surface area contributed by atoms with E-state index in [2.05, 4.69) is 10.1 Å². The van der Waals surface area contributed by atoms with Crippen LogP contribution in [0.3, 0.4) is 0 Å². The van der Waals surface area contributed by atoms with E-state index in [-0.39, 0.29) is 31.5 Å². The zero-order chi connectivity index (χ0) is 8.48. The number of carbonyl (C=O) groups excluding carboxylic acids is 1. The first-order valence-electron chi connectivity index (χ1n) is 3.33. The summed E-state index contributed by atoms with van der Waals surface area (Å²) in [5, 5.41) is 3.45. The van der Waals surface area contributed by atoms with Crippen LogP contribution in [0.15, 0.2) is 4.52 Å². The molecule has 4 nitrogen and oxygen atoms in total. The smallest absolute Gasteiger partial charge is 1.00 e. The fourth-order valence-electron chi connectivity index (χ4n) is 0.587. The van der Waals surface area contributed by atoms with Crippen molar-refractivity contribution in [1.82, 2.24) is 10.1 Å². The second kappa shape index (κ2) is 3.88. The summed E-state index contributed by atoms with van der Waals surface area (Å²) in [5.74, 6) is 0.592. The van der Waals surface area contributed by atoms with E-state index in [1.165, 1.54) is 0 Å². The molecule has 0 aliphatic rings. The van der Waals surface area contributed by atoms with Crippen molar-refractivity contribution in [3.05, 3.63) is 11.7 Å². The third kappa shape index (κ3) is 2.47. The molecule has 0 saturated heterocycles. The monoisotopic (exact) mass is 162 g/mol. The van der Waals surface area contributed by atoms with Gasteiger partial charge >= 0.3 is 18.9 Å². The van der Waals surface area contributed by atoms with Gasteiger partial charge in [0.1, 0.15) is 0 Å². The van der Waals surface area contributed by atoms with E-state index in [0.717, 1.165) is 0 Å². The van der Waals surface area contributed by atoms with Gasteiger partial charge in [0, 0.05) is 5.41 Å². The quantitative estimate of drug-likeness (QED) is 0.364. The molecule has 0 aliphatic carbocycles. The van der Waals surface area contributed by atoms with E-state index in [4.69, 9.17) is 4.52 Å². The van der Waals surface area contributed by atoms with Gasteiger partial charge in [0.25, 0.3) is 0 Å². The van der Waals surface area contributed by atoms with E-state index >= 15 is 0 Å². The number of aromatic nitrogens is 2. The zero-order valence-corrected chi connectivity index (χ0v) is 7.79. The third-order valence-electron chi connectivity index (χ3n) is 1.19. The molecule has 1 heterocycles. The Morgan fingerprint density at radius 2 is 2.08 bits per heavy atom. The Morgan fingerprint density at radius 3 is 2.33 bits per heavy atom. The van der Waals surface area contributed by atoms with Gasteiger partial charge in [-0.25, -0.2) is 0 Å². The molecule has 0 aromatic carbocycles.